The first kappa shape index (κ1) is 13.7. The van der Waals surface area contributed by atoms with Gasteiger partial charge in [0, 0.05) is 19.1 Å². The van der Waals surface area contributed by atoms with Crippen LogP contribution in [0.5, 0.6) is 0 Å². The molecule has 2 aromatic rings. The number of rotatable bonds is 5. The van der Waals surface area contributed by atoms with Crippen molar-refractivity contribution in [2.24, 2.45) is 0 Å². The average Bonchev–Trinajstić information content (AvgIpc) is 3.27. The highest BCUT2D eigenvalue weighted by atomic mass is 16.2. The van der Waals surface area contributed by atoms with E-state index in [1.54, 1.807) is 10.9 Å². The molecule has 21 heavy (non-hydrogen) atoms. The van der Waals surface area contributed by atoms with E-state index in [2.05, 4.69) is 5.10 Å². The predicted octanol–water partition coefficient (Wildman–Crippen LogP) is 2.29. The molecule has 3 rings (SSSR count). The maximum absolute atomic E-state index is 12.9. The van der Waals surface area contributed by atoms with Crippen molar-refractivity contribution in [1.29, 1.82) is 0 Å². The Labute approximate surface area is 124 Å². The summed E-state index contributed by atoms with van der Waals surface area (Å²) in [6.45, 7) is 3.22. The van der Waals surface area contributed by atoms with Gasteiger partial charge < -0.3 is 10.6 Å². The number of nitrogens with two attached hydrogens (primary N) is 1. The molecule has 0 aliphatic heterocycles. The molecule has 0 atom stereocenters. The summed E-state index contributed by atoms with van der Waals surface area (Å²) in [7, 11) is 0. The van der Waals surface area contributed by atoms with Crippen molar-refractivity contribution in [3.05, 3.63) is 47.8 Å². The largest absolute Gasteiger partial charge is 0.396 e. The lowest BCUT2D eigenvalue weighted by molar-refractivity contribution is 0.0718. The normalized spacial score (nSPS) is 14.1. The minimum atomic E-state index is -0.0156. The number of carbonyl (C=O) groups is 1. The van der Waals surface area contributed by atoms with Gasteiger partial charge >= 0.3 is 0 Å². The number of amides is 1. The van der Waals surface area contributed by atoms with Crippen molar-refractivity contribution in [1.82, 2.24) is 14.7 Å². The molecular formula is C16H20N4O. The standard InChI is InChI=1S/C16H20N4O/c1-2-20-15(14(17)10-18-20)16(21)19(13-8-9-13)11-12-6-4-3-5-7-12/h3-7,10,13H,2,8-9,11,17H2,1H3. The summed E-state index contributed by atoms with van der Waals surface area (Å²) < 4.78 is 1.68. The van der Waals surface area contributed by atoms with E-state index >= 15 is 0 Å². The van der Waals surface area contributed by atoms with Gasteiger partial charge in [-0.05, 0) is 25.3 Å². The molecule has 0 bridgehead atoms. The van der Waals surface area contributed by atoms with Gasteiger partial charge in [0.05, 0.1) is 11.9 Å². The van der Waals surface area contributed by atoms with Crippen LogP contribution in [-0.2, 0) is 13.1 Å². The number of carbonyl (C=O) groups excluding carboxylic acids is 1. The zero-order valence-electron chi connectivity index (χ0n) is 12.2. The predicted molar refractivity (Wildman–Crippen MR) is 81.7 cm³/mol. The third-order valence-corrected chi connectivity index (χ3v) is 3.81. The molecule has 1 fully saturated rings. The maximum Gasteiger partial charge on any atom is 0.274 e. The average molecular weight is 284 g/mol. The second-order valence-corrected chi connectivity index (χ2v) is 5.41. The van der Waals surface area contributed by atoms with Crippen molar-refractivity contribution in [2.45, 2.75) is 38.9 Å². The van der Waals surface area contributed by atoms with Gasteiger partial charge in [-0.2, -0.15) is 5.10 Å². The van der Waals surface area contributed by atoms with Crippen LogP contribution < -0.4 is 5.73 Å². The van der Waals surface area contributed by atoms with Crippen LogP contribution in [0.4, 0.5) is 5.69 Å². The molecule has 0 saturated heterocycles. The van der Waals surface area contributed by atoms with Crippen molar-refractivity contribution >= 4 is 11.6 Å². The fraction of sp³-hybridized carbons (Fsp3) is 0.375. The molecule has 0 unspecified atom stereocenters. The number of nitrogen functional groups attached to an aromatic ring is 1. The Morgan fingerprint density at radius 3 is 2.71 bits per heavy atom. The highest BCUT2D eigenvalue weighted by Crippen LogP contribution is 2.30. The molecule has 2 N–H and O–H groups in total. The first-order valence-corrected chi connectivity index (χ1v) is 7.37. The molecule has 1 amide bonds. The first-order valence-electron chi connectivity index (χ1n) is 7.37. The van der Waals surface area contributed by atoms with Crippen LogP contribution in [0, 0.1) is 0 Å². The molecule has 0 radical (unpaired) electrons. The van der Waals surface area contributed by atoms with Gasteiger partial charge in [-0.1, -0.05) is 30.3 Å². The molecule has 0 spiro atoms. The zero-order valence-corrected chi connectivity index (χ0v) is 12.2. The summed E-state index contributed by atoms with van der Waals surface area (Å²) in [5.41, 5.74) is 8.05. The van der Waals surface area contributed by atoms with E-state index < -0.39 is 0 Å². The van der Waals surface area contributed by atoms with E-state index in [0.717, 1.165) is 18.4 Å². The van der Waals surface area contributed by atoms with Gasteiger partial charge in [-0.25, -0.2) is 0 Å². The second-order valence-electron chi connectivity index (χ2n) is 5.41. The third-order valence-electron chi connectivity index (χ3n) is 3.81. The monoisotopic (exact) mass is 284 g/mol. The lowest BCUT2D eigenvalue weighted by Crippen LogP contribution is -2.34. The van der Waals surface area contributed by atoms with Gasteiger partial charge in [0.25, 0.3) is 5.91 Å². The van der Waals surface area contributed by atoms with Crippen LogP contribution >= 0.6 is 0 Å². The number of aryl methyl sites for hydroxylation is 1. The molecule has 5 heteroatoms. The number of hydrogen-bond donors (Lipinski definition) is 1. The summed E-state index contributed by atoms with van der Waals surface area (Å²) in [4.78, 5) is 14.8. The second kappa shape index (κ2) is 5.60. The minimum Gasteiger partial charge on any atom is -0.396 e. The quantitative estimate of drug-likeness (QED) is 0.916. The Morgan fingerprint density at radius 1 is 1.38 bits per heavy atom. The molecule has 5 nitrogen and oxygen atoms in total. The summed E-state index contributed by atoms with van der Waals surface area (Å²) in [6.07, 6.45) is 3.70. The number of nitrogens with zero attached hydrogens (tertiary/aromatic N) is 3. The van der Waals surface area contributed by atoms with Crippen LogP contribution in [-0.4, -0.2) is 26.6 Å². The number of benzene rings is 1. The van der Waals surface area contributed by atoms with E-state index in [9.17, 15) is 4.79 Å². The van der Waals surface area contributed by atoms with E-state index in [1.165, 1.54) is 0 Å². The number of anilines is 1. The van der Waals surface area contributed by atoms with Gasteiger partial charge in [-0.15, -0.1) is 0 Å². The van der Waals surface area contributed by atoms with Crippen LogP contribution in [0.1, 0.15) is 35.8 Å². The smallest absolute Gasteiger partial charge is 0.274 e. The van der Waals surface area contributed by atoms with E-state index in [0.29, 0.717) is 30.5 Å². The van der Waals surface area contributed by atoms with E-state index in [1.807, 2.05) is 42.2 Å². The van der Waals surface area contributed by atoms with Gasteiger partial charge in [0.1, 0.15) is 5.69 Å². The molecule has 1 saturated carbocycles. The van der Waals surface area contributed by atoms with E-state index in [4.69, 9.17) is 5.73 Å². The SMILES string of the molecule is CCn1ncc(N)c1C(=O)N(Cc1ccccc1)C1CC1. The Morgan fingerprint density at radius 2 is 2.10 bits per heavy atom. The fourth-order valence-electron chi connectivity index (χ4n) is 2.54. The Bertz CT molecular complexity index is 631. The lowest BCUT2D eigenvalue weighted by atomic mass is 10.2. The Balaban J connectivity index is 1.87. The van der Waals surface area contributed by atoms with Crippen LogP contribution in [0.2, 0.25) is 0 Å². The third kappa shape index (κ3) is 2.77. The van der Waals surface area contributed by atoms with Crippen molar-refractivity contribution in [3.63, 3.8) is 0 Å². The Hall–Kier alpha value is -2.30. The topological polar surface area (TPSA) is 64.2 Å². The molecule has 1 aromatic carbocycles. The Kier molecular flexibility index (Phi) is 3.64. The summed E-state index contributed by atoms with van der Waals surface area (Å²) in [5.74, 6) is -0.0156. The molecule has 1 aliphatic carbocycles. The molecule has 1 heterocycles. The summed E-state index contributed by atoms with van der Waals surface area (Å²) in [6, 6.07) is 10.4. The van der Waals surface area contributed by atoms with Crippen LogP contribution in [0.15, 0.2) is 36.5 Å². The van der Waals surface area contributed by atoms with Crippen LogP contribution in [0.3, 0.4) is 0 Å². The highest BCUT2D eigenvalue weighted by Gasteiger charge is 2.35. The zero-order chi connectivity index (χ0) is 14.8. The van der Waals surface area contributed by atoms with E-state index in [-0.39, 0.29) is 5.91 Å². The molecule has 1 aliphatic rings. The van der Waals surface area contributed by atoms with Crippen LogP contribution in [0.25, 0.3) is 0 Å². The summed E-state index contributed by atoms with van der Waals surface area (Å²) in [5, 5.41) is 4.17. The van der Waals surface area contributed by atoms with Crippen molar-refractivity contribution < 1.29 is 4.79 Å². The van der Waals surface area contributed by atoms with Gasteiger partial charge in [-0.3, -0.25) is 9.48 Å². The fourth-order valence-corrected chi connectivity index (χ4v) is 2.54. The minimum absolute atomic E-state index is 0.0156. The number of hydrogen-bond acceptors (Lipinski definition) is 3. The van der Waals surface area contributed by atoms with Gasteiger partial charge in [0.15, 0.2) is 0 Å². The van der Waals surface area contributed by atoms with Gasteiger partial charge in [0.2, 0.25) is 0 Å². The maximum atomic E-state index is 12.9. The molecule has 110 valence electrons. The molecule has 1 aromatic heterocycles. The number of aromatic nitrogens is 2. The first-order chi connectivity index (χ1) is 10.2. The van der Waals surface area contributed by atoms with Crippen molar-refractivity contribution in [3.8, 4) is 0 Å². The highest BCUT2D eigenvalue weighted by molar-refractivity contribution is 5.97. The summed E-state index contributed by atoms with van der Waals surface area (Å²) >= 11 is 0. The lowest BCUT2D eigenvalue weighted by Gasteiger charge is -2.23. The van der Waals surface area contributed by atoms with Crippen molar-refractivity contribution in [2.75, 3.05) is 5.73 Å². The molecular weight excluding hydrogens is 264 g/mol.